The minimum Gasteiger partial charge on any atom is -0.393 e. The summed E-state index contributed by atoms with van der Waals surface area (Å²) in [5, 5.41) is 10.8. The largest absolute Gasteiger partial charge is 0.393 e. The van der Waals surface area contributed by atoms with Crippen LogP contribution in [0.1, 0.15) is 74.5 Å². The number of carbonyl (C=O) groups excluding carboxylic acids is 1. The fraction of sp³-hybridized carbons (Fsp3) is 0.441. The third-order valence-corrected chi connectivity index (χ3v) is 10.4. The van der Waals surface area contributed by atoms with E-state index in [9.17, 15) is 18.7 Å². The lowest BCUT2D eigenvalue weighted by atomic mass is 9.53. The van der Waals surface area contributed by atoms with Crippen molar-refractivity contribution in [3.63, 3.8) is 0 Å². The van der Waals surface area contributed by atoms with Crippen LogP contribution in [0.25, 0.3) is 0 Å². The first-order valence-corrected chi connectivity index (χ1v) is 15.1. The summed E-state index contributed by atoms with van der Waals surface area (Å²) in [7, 11) is 0. The molecule has 2 fully saturated rings. The van der Waals surface area contributed by atoms with Crippen LogP contribution in [0.4, 0.5) is 8.78 Å². The fourth-order valence-electron chi connectivity index (χ4n) is 7.48. The van der Waals surface area contributed by atoms with Gasteiger partial charge in [0.25, 0.3) is 0 Å². The van der Waals surface area contributed by atoms with Crippen LogP contribution >= 0.6 is 11.8 Å². The predicted octanol–water partition coefficient (Wildman–Crippen LogP) is 7.92. The summed E-state index contributed by atoms with van der Waals surface area (Å²) in [6.07, 6.45) is 14.3. The first-order valence-electron chi connectivity index (χ1n) is 13.9. The third kappa shape index (κ3) is 5.14. The van der Waals surface area contributed by atoms with Crippen LogP contribution in [-0.4, -0.2) is 23.2 Å². The molecule has 0 radical (unpaired) electrons. The number of fused-ring (bicyclic) bond motifs is 4. The quantitative estimate of drug-likeness (QED) is 0.307. The fourth-order valence-corrected chi connectivity index (χ4v) is 7.89. The zero-order chi connectivity index (χ0) is 27.9. The highest BCUT2D eigenvalue weighted by Gasteiger charge is 2.56. The molecule has 6 rings (SSSR count). The number of allylic oxidation sites excluding steroid dienone is 4. The number of terminal acetylenes is 1. The zero-order valence-corrected chi connectivity index (χ0v) is 23.7. The number of aliphatic hydroxyl groups is 1. The van der Waals surface area contributed by atoms with Gasteiger partial charge in [0, 0.05) is 28.4 Å². The molecule has 0 aliphatic heterocycles. The molecule has 0 amide bonds. The standard InChI is InChI=1S/C25H28F2O2.C9H8S/c1-13-21(26)10-15(11-22(13)27)19-12-25(2)20(7-8-23(25)29)18-5-3-14-9-16(28)4-6-17(14)24(18)19;1-3-8-4-6-9(10-2)7-5-8/h9-11,18-20,23,29H,3-8,12H2,1-2H3;1,4-7H,2H3. The molecule has 4 aliphatic rings. The van der Waals surface area contributed by atoms with Gasteiger partial charge in [0.2, 0.25) is 0 Å². The minimum atomic E-state index is -0.508. The minimum absolute atomic E-state index is 0.0521. The van der Waals surface area contributed by atoms with E-state index in [0.29, 0.717) is 30.2 Å². The Morgan fingerprint density at radius 1 is 1.05 bits per heavy atom. The Bertz CT molecular complexity index is 1360. The summed E-state index contributed by atoms with van der Waals surface area (Å²) in [6, 6.07) is 10.9. The van der Waals surface area contributed by atoms with Crippen LogP contribution in [-0.2, 0) is 4.79 Å². The number of ketones is 1. The van der Waals surface area contributed by atoms with E-state index in [0.717, 1.165) is 43.2 Å². The summed E-state index contributed by atoms with van der Waals surface area (Å²) >= 11 is 1.72. The van der Waals surface area contributed by atoms with Crippen molar-refractivity contribution in [1.82, 2.24) is 0 Å². The molecular weight excluding hydrogens is 510 g/mol. The van der Waals surface area contributed by atoms with Gasteiger partial charge in [0.1, 0.15) is 11.6 Å². The number of hydrogen-bond donors (Lipinski definition) is 1. The van der Waals surface area contributed by atoms with Crippen molar-refractivity contribution in [2.45, 2.75) is 75.7 Å². The van der Waals surface area contributed by atoms with Crippen LogP contribution in [0.2, 0.25) is 0 Å². The molecule has 0 bridgehead atoms. The Morgan fingerprint density at radius 3 is 2.38 bits per heavy atom. The van der Waals surface area contributed by atoms with Crippen molar-refractivity contribution in [2.24, 2.45) is 17.3 Å². The highest BCUT2D eigenvalue weighted by atomic mass is 32.2. The van der Waals surface area contributed by atoms with E-state index in [1.165, 1.54) is 35.1 Å². The van der Waals surface area contributed by atoms with Crippen molar-refractivity contribution in [2.75, 3.05) is 6.26 Å². The monoisotopic (exact) mass is 546 g/mol. The van der Waals surface area contributed by atoms with Gasteiger partial charge in [-0.15, -0.1) is 18.2 Å². The molecule has 0 saturated heterocycles. The van der Waals surface area contributed by atoms with Crippen LogP contribution in [0, 0.1) is 48.2 Å². The maximum atomic E-state index is 14.5. The number of benzene rings is 2. The van der Waals surface area contributed by atoms with Crippen LogP contribution in [0.15, 0.2) is 64.1 Å². The molecule has 4 aliphatic carbocycles. The van der Waals surface area contributed by atoms with Crippen molar-refractivity contribution < 1.29 is 18.7 Å². The van der Waals surface area contributed by atoms with E-state index in [2.05, 4.69) is 12.8 Å². The predicted molar refractivity (Wildman–Crippen MR) is 154 cm³/mol. The molecule has 2 saturated carbocycles. The number of hydrogen-bond acceptors (Lipinski definition) is 3. The topological polar surface area (TPSA) is 37.3 Å². The molecule has 5 atom stereocenters. The van der Waals surface area contributed by atoms with E-state index in [4.69, 9.17) is 6.42 Å². The SMILES string of the molecule is C#Cc1ccc(SC)cc1.Cc1c(F)cc(C2CC3(C)C(O)CCC3C3CCC4=CC(=O)CCC4=C23)cc1F. The Kier molecular flexibility index (Phi) is 7.91. The van der Waals surface area contributed by atoms with Crippen molar-refractivity contribution >= 4 is 17.5 Å². The van der Waals surface area contributed by atoms with Crippen LogP contribution in [0.3, 0.4) is 0 Å². The summed E-state index contributed by atoms with van der Waals surface area (Å²) in [5.74, 6) is 2.35. The number of thioether (sulfide) groups is 1. The lowest BCUT2D eigenvalue weighted by Gasteiger charge is -2.52. The average Bonchev–Trinajstić information content (AvgIpc) is 3.24. The molecule has 2 nitrogen and oxygen atoms in total. The first kappa shape index (κ1) is 27.9. The molecule has 0 spiro atoms. The van der Waals surface area contributed by atoms with Gasteiger partial charge in [0.15, 0.2) is 5.78 Å². The van der Waals surface area contributed by atoms with Gasteiger partial charge in [0.05, 0.1) is 6.10 Å². The molecule has 2 aromatic carbocycles. The molecule has 204 valence electrons. The zero-order valence-electron chi connectivity index (χ0n) is 22.9. The second kappa shape index (κ2) is 11.1. The Hall–Kier alpha value is -2.68. The smallest absolute Gasteiger partial charge is 0.156 e. The molecule has 39 heavy (non-hydrogen) atoms. The van der Waals surface area contributed by atoms with Crippen LogP contribution < -0.4 is 0 Å². The molecule has 5 unspecified atom stereocenters. The van der Waals surface area contributed by atoms with Crippen molar-refractivity contribution in [3.8, 4) is 12.3 Å². The molecule has 0 aromatic heterocycles. The van der Waals surface area contributed by atoms with Gasteiger partial charge in [-0.3, -0.25) is 4.79 Å². The summed E-state index contributed by atoms with van der Waals surface area (Å²) in [5.41, 5.74) is 5.13. The average molecular weight is 547 g/mol. The Labute approximate surface area is 235 Å². The van der Waals surface area contributed by atoms with Crippen LogP contribution in [0.5, 0.6) is 0 Å². The van der Waals surface area contributed by atoms with E-state index in [1.807, 2.05) is 30.5 Å². The Morgan fingerprint density at radius 2 is 1.74 bits per heavy atom. The van der Waals surface area contributed by atoms with Gasteiger partial charge in [-0.25, -0.2) is 8.78 Å². The number of carbonyl (C=O) groups is 1. The molecule has 2 aromatic rings. The maximum Gasteiger partial charge on any atom is 0.156 e. The molecule has 1 N–H and O–H groups in total. The van der Waals surface area contributed by atoms with E-state index in [-0.39, 0.29) is 28.8 Å². The van der Waals surface area contributed by atoms with Crippen molar-refractivity contribution in [3.05, 3.63) is 87.5 Å². The number of aliphatic hydroxyl groups excluding tert-OH is 1. The second-order valence-electron chi connectivity index (χ2n) is 11.7. The lowest BCUT2D eigenvalue weighted by molar-refractivity contribution is -0.114. The number of halogens is 2. The normalized spacial score (nSPS) is 29.4. The van der Waals surface area contributed by atoms with Gasteiger partial charge >= 0.3 is 0 Å². The second-order valence-corrected chi connectivity index (χ2v) is 12.5. The highest BCUT2D eigenvalue weighted by molar-refractivity contribution is 7.98. The van der Waals surface area contributed by atoms with E-state index in [1.54, 1.807) is 17.8 Å². The Balaban J connectivity index is 0.000000261. The molecule has 5 heteroatoms. The van der Waals surface area contributed by atoms with Crippen molar-refractivity contribution in [1.29, 1.82) is 0 Å². The van der Waals surface area contributed by atoms with Gasteiger partial charge in [-0.1, -0.05) is 18.4 Å². The number of rotatable bonds is 2. The van der Waals surface area contributed by atoms with E-state index >= 15 is 0 Å². The maximum absolute atomic E-state index is 14.5. The summed E-state index contributed by atoms with van der Waals surface area (Å²) in [4.78, 5) is 13.3. The highest BCUT2D eigenvalue weighted by Crippen LogP contribution is 2.63. The van der Waals surface area contributed by atoms with Gasteiger partial charge < -0.3 is 5.11 Å². The van der Waals surface area contributed by atoms with E-state index < -0.39 is 11.6 Å². The summed E-state index contributed by atoms with van der Waals surface area (Å²) in [6.45, 7) is 3.63. The van der Waals surface area contributed by atoms with Gasteiger partial charge in [-0.2, -0.15) is 0 Å². The van der Waals surface area contributed by atoms with Gasteiger partial charge in [-0.05, 0) is 128 Å². The lowest BCUT2D eigenvalue weighted by Crippen LogP contribution is -2.45. The first-order chi connectivity index (χ1) is 18.7. The molecular formula is C34H36F2O2S. The summed E-state index contributed by atoms with van der Waals surface area (Å²) < 4.78 is 29.0. The third-order valence-electron chi connectivity index (χ3n) is 9.64. The molecule has 0 heterocycles.